The molecule has 0 spiro atoms. The van der Waals surface area contributed by atoms with Crippen molar-refractivity contribution in [1.29, 1.82) is 0 Å². The summed E-state index contributed by atoms with van der Waals surface area (Å²) in [7, 11) is 0. The molecule has 0 aromatic carbocycles. The maximum Gasteiger partial charge on any atom is 0.334 e. The van der Waals surface area contributed by atoms with Crippen molar-refractivity contribution < 1.29 is 34.0 Å². The van der Waals surface area contributed by atoms with E-state index in [0.717, 1.165) is 19.3 Å². The van der Waals surface area contributed by atoms with Crippen LogP contribution in [-0.2, 0) is 23.8 Å². The molecule has 29 heavy (non-hydrogen) atoms. The molecule has 0 bridgehead atoms. The molecule has 1 saturated carbocycles. The molecule has 7 heteroatoms. The lowest BCUT2D eigenvalue weighted by atomic mass is 9.78. The molecule has 0 radical (unpaired) electrons. The molecule has 0 aromatic heterocycles. The quantitative estimate of drug-likeness (QED) is 0.388. The molecule has 2 heterocycles. The summed E-state index contributed by atoms with van der Waals surface area (Å²) in [6, 6.07) is 0. The van der Waals surface area contributed by atoms with Gasteiger partial charge in [0.05, 0.1) is 23.4 Å². The Balaban J connectivity index is 1.89. The molecule has 3 aliphatic rings. The molecule has 2 aliphatic heterocycles. The van der Waals surface area contributed by atoms with E-state index in [4.69, 9.17) is 14.2 Å². The highest BCUT2D eigenvalue weighted by atomic mass is 16.6. The molecule has 2 saturated heterocycles. The number of fused-ring (bicyclic) bond motifs is 2. The first kappa shape index (κ1) is 22.2. The molecule has 164 valence electrons. The summed E-state index contributed by atoms with van der Waals surface area (Å²) < 4.78 is 17.0. The first-order valence-electron chi connectivity index (χ1n) is 10.6. The van der Waals surface area contributed by atoms with E-state index >= 15 is 0 Å². The van der Waals surface area contributed by atoms with E-state index < -0.39 is 41.8 Å². The molecule has 0 aromatic rings. The van der Waals surface area contributed by atoms with Gasteiger partial charge in [0, 0.05) is 18.4 Å². The zero-order valence-corrected chi connectivity index (χ0v) is 17.8. The lowest BCUT2D eigenvalue weighted by Gasteiger charge is -2.35. The molecule has 8 atom stereocenters. The van der Waals surface area contributed by atoms with Gasteiger partial charge in [0.2, 0.25) is 0 Å². The number of aliphatic hydroxyl groups is 2. The Hall–Kier alpha value is -1.44. The third kappa shape index (κ3) is 4.67. The number of esters is 2. The van der Waals surface area contributed by atoms with Gasteiger partial charge in [-0.3, -0.25) is 4.79 Å². The topological polar surface area (TPSA) is 106 Å². The fourth-order valence-corrected chi connectivity index (χ4v) is 4.80. The number of hydrogen-bond acceptors (Lipinski definition) is 7. The Kier molecular flexibility index (Phi) is 6.14. The third-order valence-corrected chi connectivity index (χ3v) is 7.01. The summed E-state index contributed by atoms with van der Waals surface area (Å²) in [5.41, 5.74) is -1.30. The first-order valence-corrected chi connectivity index (χ1v) is 10.6. The second-order valence-electron chi connectivity index (χ2n) is 9.51. The van der Waals surface area contributed by atoms with E-state index in [0.29, 0.717) is 12.8 Å². The number of rotatable bonds is 1. The summed E-state index contributed by atoms with van der Waals surface area (Å²) in [4.78, 5) is 24.0. The van der Waals surface area contributed by atoms with Crippen molar-refractivity contribution in [3.05, 3.63) is 12.2 Å². The number of epoxide rings is 1. The Labute approximate surface area is 172 Å². The summed E-state index contributed by atoms with van der Waals surface area (Å²) in [5.74, 6) is -1.56. The average Bonchev–Trinajstić information content (AvgIpc) is 3.20. The molecule has 1 aliphatic carbocycles. The Morgan fingerprint density at radius 1 is 1.28 bits per heavy atom. The maximum absolute atomic E-state index is 12.3. The van der Waals surface area contributed by atoms with Crippen molar-refractivity contribution in [3.8, 4) is 0 Å². The van der Waals surface area contributed by atoms with Crippen LogP contribution in [0.25, 0.3) is 0 Å². The number of carbonyl (C=O) groups is 2. The highest BCUT2D eigenvalue weighted by molar-refractivity contribution is 5.91. The monoisotopic (exact) mass is 410 g/mol. The highest BCUT2D eigenvalue weighted by Crippen LogP contribution is 2.46. The van der Waals surface area contributed by atoms with Crippen LogP contribution in [0.1, 0.15) is 66.2 Å². The van der Waals surface area contributed by atoms with Gasteiger partial charge in [-0.2, -0.15) is 0 Å². The van der Waals surface area contributed by atoms with Gasteiger partial charge in [-0.25, -0.2) is 4.79 Å². The van der Waals surface area contributed by atoms with Crippen molar-refractivity contribution in [1.82, 2.24) is 0 Å². The third-order valence-electron chi connectivity index (χ3n) is 7.01. The van der Waals surface area contributed by atoms with Crippen molar-refractivity contribution in [2.45, 2.75) is 102 Å². The number of ether oxygens (including phenoxy) is 3. The molecule has 3 rings (SSSR count). The van der Waals surface area contributed by atoms with Crippen molar-refractivity contribution in [2.75, 3.05) is 0 Å². The van der Waals surface area contributed by atoms with E-state index in [1.807, 2.05) is 6.92 Å². The number of aliphatic hydroxyl groups excluding tert-OH is 1. The molecular weight excluding hydrogens is 376 g/mol. The molecule has 7 nitrogen and oxygen atoms in total. The van der Waals surface area contributed by atoms with Crippen LogP contribution < -0.4 is 0 Å². The Bertz CT molecular complexity index is 672. The van der Waals surface area contributed by atoms with Gasteiger partial charge in [-0.1, -0.05) is 19.9 Å². The van der Waals surface area contributed by atoms with Crippen molar-refractivity contribution >= 4 is 11.9 Å². The average molecular weight is 411 g/mol. The van der Waals surface area contributed by atoms with Crippen molar-refractivity contribution in [3.63, 3.8) is 0 Å². The van der Waals surface area contributed by atoms with Crippen LogP contribution >= 0.6 is 0 Å². The zero-order chi connectivity index (χ0) is 21.6. The molecule has 0 unspecified atom stereocenters. The van der Waals surface area contributed by atoms with Crippen molar-refractivity contribution in [2.24, 2.45) is 11.8 Å². The number of hydrogen-bond donors (Lipinski definition) is 2. The molecule has 0 amide bonds. The zero-order valence-electron chi connectivity index (χ0n) is 17.8. The fourth-order valence-electron chi connectivity index (χ4n) is 4.80. The predicted molar refractivity (Wildman–Crippen MR) is 105 cm³/mol. The van der Waals surface area contributed by atoms with Gasteiger partial charge in [0.15, 0.2) is 0 Å². The smallest absolute Gasteiger partial charge is 0.334 e. The predicted octanol–water partition coefficient (Wildman–Crippen LogP) is 2.28. The van der Waals surface area contributed by atoms with Gasteiger partial charge in [0.25, 0.3) is 0 Å². The summed E-state index contributed by atoms with van der Waals surface area (Å²) in [6.45, 7) is 10.8. The lowest BCUT2D eigenvalue weighted by Crippen LogP contribution is -2.45. The molecule has 3 fully saturated rings. The van der Waals surface area contributed by atoms with Gasteiger partial charge < -0.3 is 24.4 Å². The molecule has 2 N–H and O–H groups in total. The van der Waals surface area contributed by atoms with E-state index in [9.17, 15) is 19.8 Å². The van der Waals surface area contributed by atoms with Gasteiger partial charge in [-0.05, 0) is 51.9 Å². The number of carbonyl (C=O) groups excluding carboxylic acids is 2. The summed E-state index contributed by atoms with van der Waals surface area (Å²) >= 11 is 0. The van der Waals surface area contributed by atoms with Crippen LogP contribution in [0, 0.1) is 11.8 Å². The fraction of sp³-hybridized carbons (Fsp3) is 0.818. The van der Waals surface area contributed by atoms with Crippen LogP contribution in [0.3, 0.4) is 0 Å². The van der Waals surface area contributed by atoms with Gasteiger partial charge in [-0.15, -0.1) is 0 Å². The summed E-state index contributed by atoms with van der Waals surface area (Å²) in [5, 5.41) is 21.7. The Morgan fingerprint density at radius 3 is 2.62 bits per heavy atom. The van der Waals surface area contributed by atoms with Crippen LogP contribution in [-0.4, -0.2) is 57.8 Å². The largest absolute Gasteiger partial charge is 0.458 e. The highest BCUT2D eigenvalue weighted by Gasteiger charge is 2.53. The molecular formula is C22H34O7. The van der Waals surface area contributed by atoms with Crippen LogP contribution in [0.2, 0.25) is 0 Å². The van der Waals surface area contributed by atoms with Crippen LogP contribution in [0.4, 0.5) is 0 Å². The first-order chi connectivity index (χ1) is 13.4. The van der Waals surface area contributed by atoms with Gasteiger partial charge >= 0.3 is 11.9 Å². The van der Waals surface area contributed by atoms with Crippen LogP contribution in [0.5, 0.6) is 0 Å². The van der Waals surface area contributed by atoms with E-state index in [-0.39, 0.29) is 29.6 Å². The normalized spacial score (nSPS) is 46.1. The standard InChI is InChI=1S/C22H34O7/c1-12-7-6-9-22(5)17(29-22)8-10-21(4,26)16(24)11-15-13(2)20(25)28-19(15)18(12)27-14(3)23/h12,15-19,24,26H,2,6-11H2,1,3-5H3/t12-,15-,16+,17-,18+,19+,21-,22-/m0/s1. The van der Waals surface area contributed by atoms with E-state index in [1.165, 1.54) is 6.92 Å². The summed E-state index contributed by atoms with van der Waals surface area (Å²) in [6.07, 6.45) is 1.33. The SMILES string of the molecule is C=C1C(=O)O[C@H]2[C@H](OC(C)=O)[C@@H](C)CCC[C@]3(C)O[C@H]3CC[C@](C)(O)[C@H](O)C[C@@H]12. The van der Waals surface area contributed by atoms with E-state index in [1.54, 1.807) is 6.92 Å². The maximum atomic E-state index is 12.3. The minimum atomic E-state index is -1.34. The second kappa shape index (κ2) is 8.00. The van der Waals surface area contributed by atoms with Crippen LogP contribution in [0.15, 0.2) is 12.2 Å². The van der Waals surface area contributed by atoms with Gasteiger partial charge in [0.1, 0.15) is 12.2 Å². The van der Waals surface area contributed by atoms with E-state index in [2.05, 4.69) is 13.5 Å². The lowest BCUT2D eigenvalue weighted by molar-refractivity contribution is -0.166. The minimum Gasteiger partial charge on any atom is -0.458 e. The Morgan fingerprint density at radius 2 is 1.97 bits per heavy atom. The second-order valence-corrected chi connectivity index (χ2v) is 9.51. The minimum absolute atomic E-state index is 0.0495.